The SMILES string of the molecule is c1ccc(-c2ccc(N(c3ccc(-c4cccc5oc6ccccc6c45)cc3)c3ccccc3-c3ccc4c(c3)c3cccc5c3n4-c3ccccc3O5)cc2)cc1. The highest BCUT2D eigenvalue weighted by Crippen LogP contribution is 2.48. The Bertz CT molecular complexity index is 3360. The number of nitrogens with zero attached hydrogens (tertiary/aromatic N) is 2. The van der Waals surface area contributed by atoms with E-state index in [1.165, 1.54) is 21.9 Å². The molecule has 58 heavy (non-hydrogen) atoms. The lowest BCUT2D eigenvalue weighted by atomic mass is 9.98. The molecule has 3 heterocycles. The zero-order valence-electron chi connectivity index (χ0n) is 31.3. The van der Waals surface area contributed by atoms with Gasteiger partial charge in [0.15, 0.2) is 11.5 Å². The molecule has 11 aromatic rings. The lowest BCUT2D eigenvalue weighted by Gasteiger charge is -2.28. The smallest absolute Gasteiger partial charge is 0.152 e. The van der Waals surface area contributed by atoms with Gasteiger partial charge in [0.1, 0.15) is 11.2 Å². The summed E-state index contributed by atoms with van der Waals surface area (Å²) in [7, 11) is 0. The first-order valence-electron chi connectivity index (χ1n) is 19.7. The van der Waals surface area contributed by atoms with E-state index in [0.717, 1.165) is 89.5 Å². The maximum Gasteiger partial charge on any atom is 0.152 e. The number of para-hydroxylation sites is 5. The van der Waals surface area contributed by atoms with E-state index < -0.39 is 0 Å². The zero-order valence-corrected chi connectivity index (χ0v) is 31.3. The summed E-state index contributed by atoms with van der Waals surface area (Å²) in [6.45, 7) is 0. The van der Waals surface area contributed by atoms with Crippen LogP contribution in [0.3, 0.4) is 0 Å². The second kappa shape index (κ2) is 12.9. The van der Waals surface area contributed by atoms with Crippen molar-refractivity contribution in [2.24, 2.45) is 0 Å². The molecule has 272 valence electrons. The van der Waals surface area contributed by atoms with Crippen LogP contribution >= 0.6 is 0 Å². The lowest BCUT2D eigenvalue weighted by molar-refractivity contribution is 0.476. The normalized spacial score (nSPS) is 11.9. The second-order valence-electron chi connectivity index (χ2n) is 14.9. The minimum atomic E-state index is 0.865. The minimum absolute atomic E-state index is 0.865. The molecule has 0 fully saturated rings. The molecule has 9 aromatic carbocycles. The van der Waals surface area contributed by atoms with Crippen molar-refractivity contribution < 1.29 is 9.15 Å². The van der Waals surface area contributed by atoms with Crippen LogP contribution in [0.5, 0.6) is 11.5 Å². The van der Waals surface area contributed by atoms with Crippen LogP contribution < -0.4 is 9.64 Å². The predicted molar refractivity (Wildman–Crippen MR) is 239 cm³/mol. The molecule has 0 atom stereocenters. The summed E-state index contributed by atoms with van der Waals surface area (Å²) in [4.78, 5) is 2.38. The molecular weight excluding hydrogens is 709 g/mol. The molecule has 0 saturated carbocycles. The average molecular weight is 743 g/mol. The van der Waals surface area contributed by atoms with Gasteiger partial charge < -0.3 is 18.6 Å². The molecule has 0 N–H and O–H groups in total. The molecule has 2 aromatic heterocycles. The van der Waals surface area contributed by atoms with Gasteiger partial charge in [0.25, 0.3) is 0 Å². The van der Waals surface area contributed by atoms with Crippen LogP contribution in [0.2, 0.25) is 0 Å². The van der Waals surface area contributed by atoms with E-state index in [1.54, 1.807) is 0 Å². The van der Waals surface area contributed by atoms with Gasteiger partial charge in [-0.05, 0) is 101 Å². The second-order valence-corrected chi connectivity index (χ2v) is 14.9. The number of anilines is 3. The van der Waals surface area contributed by atoms with Crippen molar-refractivity contribution in [3.05, 3.63) is 206 Å². The summed E-state index contributed by atoms with van der Waals surface area (Å²) in [5, 5.41) is 4.62. The Labute approximate surface area is 335 Å². The Morgan fingerprint density at radius 2 is 1.02 bits per heavy atom. The summed E-state index contributed by atoms with van der Waals surface area (Å²) < 4.78 is 15.0. The zero-order chi connectivity index (χ0) is 38.2. The Morgan fingerprint density at radius 1 is 0.397 bits per heavy atom. The molecule has 0 unspecified atom stereocenters. The number of furan rings is 1. The summed E-state index contributed by atoms with van der Waals surface area (Å²) in [5.41, 5.74) is 15.3. The van der Waals surface area contributed by atoms with Gasteiger partial charge in [-0.2, -0.15) is 0 Å². The van der Waals surface area contributed by atoms with Gasteiger partial charge in [-0.1, -0.05) is 133 Å². The highest BCUT2D eigenvalue weighted by molar-refractivity contribution is 6.14. The Kier molecular flexibility index (Phi) is 7.20. The maximum atomic E-state index is 6.42. The molecule has 1 aliphatic heterocycles. The lowest BCUT2D eigenvalue weighted by Crippen LogP contribution is -2.11. The van der Waals surface area contributed by atoms with Crippen LogP contribution in [0.25, 0.3) is 82.8 Å². The number of hydrogen-bond donors (Lipinski definition) is 0. The average Bonchev–Trinajstić information content (AvgIpc) is 3.84. The molecule has 4 nitrogen and oxygen atoms in total. The fraction of sp³-hybridized carbons (Fsp3) is 0. The number of ether oxygens (including phenoxy) is 1. The van der Waals surface area contributed by atoms with Gasteiger partial charge in [0, 0.05) is 38.5 Å². The van der Waals surface area contributed by atoms with Crippen molar-refractivity contribution >= 4 is 60.8 Å². The monoisotopic (exact) mass is 742 g/mol. The summed E-state index contributed by atoms with van der Waals surface area (Å²) >= 11 is 0. The Morgan fingerprint density at radius 3 is 1.88 bits per heavy atom. The van der Waals surface area contributed by atoms with Gasteiger partial charge in [0.05, 0.1) is 22.4 Å². The van der Waals surface area contributed by atoms with E-state index in [-0.39, 0.29) is 0 Å². The predicted octanol–water partition coefficient (Wildman–Crippen LogP) is 15.3. The molecule has 0 spiro atoms. The van der Waals surface area contributed by atoms with E-state index >= 15 is 0 Å². The van der Waals surface area contributed by atoms with Gasteiger partial charge >= 0.3 is 0 Å². The van der Waals surface area contributed by atoms with Gasteiger partial charge in [0.2, 0.25) is 0 Å². The molecule has 4 heteroatoms. The molecule has 0 bridgehead atoms. The number of hydrogen-bond acceptors (Lipinski definition) is 3. The van der Waals surface area contributed by atoms with E-state index in [4.69, 9.17) is 9.15 Å². The van der Waals surface area contributed by atoms with Crippen molar-refractivity contribution in [2.45, 2.75) is 0 Å². The van der Waals surface area contributed by atoms with Crippen molar-refractivity contribution in [3.8, 4) is 50.6 Å². The summed E-state index contributed by atoms with van der Waals surface area (Å²) in [5.74, 6) is 1.74. The first kappa shape index (κ1) is 32.4. The minimum Gasteiger partial charge on any atom is -0.456 e. The number of rotatable bonds is 6. The van der Waals surface area contributed by atoms with Crippen LogP contribution in [0.15, 0.2) is 211 Å². The highest BCUT2D eigenvalue weighted by atomic mass is 16.5. The van der Waals surface area contributed by atoms with Gasteiger partial charge in [-0.3, -0.25) is 0 Å². The number of benzene rings is 9. The third-order valence-electron chi connectivity index (χ3n) is 11.6. The van der Waals surface area contributed by atoms with E-state index in [0.29, 0.717) is 0 Å². The van der Waals surface area contributed by atoms with E-state index in [2.05, 4.69) is 191 Å². The van der Waals surface area contributed by atoms with Gasteiger partial charge in [-0.15, -0.1) is 0 Å². The van der Waals surface area contributed by atoms with Crippen molar-refractivity contribution in [1.29, 1.82) is 0 Å². The van der Waals surface area contributed by atoms with E-state index in [1.807, 2.05) is 24.3 Å². The molecule has 0 aliphatic carbocycles. The molecule has 0 radical (unpaired) electrons. The summed E-state index contributed by atoms with van der Waals surface area (Å²) in [6, 6.07) is 73.3. The van der Waals surface area contributed by atoms with Gasteiger partial charge in [-0.25, -0.2) is 0 Å². The highest BCUT2D eigenvalue weighted by Gasteiger charge is 2.25. The Balaban J connectivity index is 1.02. The topological polar surface area (TPSA) is 30.5 Å². The molecule has 0 saturated heterocycles. The maximum absolute atomic E-state index is 6.42. The fourth-order valence-electron chi connectivity index (χ4n) is 8.96. The first-order chi connectivity index (χ1) is 28.8. The van der Waals surface area contributed by atoms with Crippen LogP contribution in [0, 0.1) is 0 Å². The number of aromatic nitrogens is 1. The molecular formula is C54H34N2O2. The number of fused-ring (bicyclic) bond motifs is 8. The third-order valence-corrected chi connectivity index (χ3v) is 11.6. The quantitative estimate of drug-likeness (QED) is 0.170. The standard InChI is InChI=1S/C54H34N2O2/c1-2-12-35(13-3-1)36-24-29-39(30-25-36)55(40-31-26-37(27-32-40)42-16-10-22-51-53(42)44-15-5-8-20-49(44)57-51)46-18-6-4-14-41(46)38-28-33-47-45(34-38)43-17-11-23-52-54(43)56(47)48-19-7-9-21-50(48)58-52/h1-34H. The van der Waals surface area contributed by atoms with Crippen LogP contribution in [-0.4, -0.2) is 4.57 Å². The summed E-state index contributed by atoms with van der Waals surface area (Å²) in [6.07, 6.45) is 0. The van der Waals surface area contributed by atoms with Crippen molar-refractivity contribution in [1.82, 2.24) is 4.57 Å². The largest absolute Gasteiger partial charge is 0.456 e. The molecule has 1 aliphatic rings. The van der Waals surface area contributed by atoms with Crippen LogP contribution in [0.4, 0.5) is 17.1 Å². The Hall–Kier alpha value is -7.82. The first-order valence-corrected chi connectivity index (χ1v) is 19.7. The fourth-order valence-corrected chi connectivity index (χ4v) is 8.96. The van der Waals surface area contributed by atoms with E-state index in [9.17, 15) is 0 Å². The van der Waals surface area contributed by atoms with Crippen LogP contribution in [-0.2, 0) is 0 Å². The third kappa shape index (κ3) is 5.02. The molecule has 0 amide bonds. The van der Waals surface area contributed by atoms with Crippen molar-refractivity contribution in [2.75, 3.05) is 4.90 Å². The van der Waals surface area contributed by atoms with Crippen molar-refractivity contribution in [3.63, 3.8) is 0 Å². The van der Waals surface area contributed by atoms with Crippen LogP contribution in [0.1, 0.15) is 0 Å². The molecule has 12 rings (SSSR count).